The zero-order chi connectivity index (χ0) is 20.3. The number of aryl methyl sites for hydroxylation is 1. The molecule has 0 aliphatic rings. The summed E-state index contributed by atoms with van der Waals surface area (Å²) in [6, 6.07) is 7.44. The Labute approximate surface area is 173 Å². The monoisotopic (exact) mass is 417 g/mol. The molecule has 148 valence electrons. The highest BCUT2D eigenvalue weighted by Crippen LogP contribution is 2.28. The van der Waals surface area contributed by atoms with E-state index in [1.807, 2.05) is 36.9 Å². The fourth-order valence-corrected chi connectivity index (χ4v) is 4.48. The number of nitrogens with zero attached hydrogens (tertiary/aromatic N) is 3. The molecule has 2 aromatic heterocycles. The number of fused-ring (bicyclic) bond motifs is 1. The molecule has 0 radical (unpaired) electrons. The molecule has 0 bridgehead atoms. The minimum absolute atomic E-state index is 0.0199. The fourth-order valence-electron chi connectivity index (χ4n) is 3.18. The van der Waals surface area contributed by atoms with Gasteiger partial charge in [-0.15, -0.1) is 11.3 Å². The first-order valence-corrected chi connectivity index (χ1v) is 10.7. The topological polar surface area (TPSA) is 55.2 Å². The summed E-state index contributed by atoms with van der Waals surface area (Å²) < 4.78 is 1.55. The van der Waals surface area contributed by atoms with Crippen molar-refractivity contribution in [3.8, 4) is 0 Å². The Balaban J connectivity index is 2.00. The molecule has 0 spiro atoms. The van der Waals surface area contributed by atoms with Crippen LogP contribution in [0.4, 0.5) is 0 Å². The molecule has 0 unspecified atom stereocenters. The van der Waals surface area contributed by atoms with Crippen LogP contribution >= 0.6 is 22.9 Å². The van der Waals surface area contributed by atoms with Gasteiger partial charge in [-0.25, -0.2) is 4.98 Å². The van der Waals surface area contributed by atoms with Crippen LogP contribution in [-0.4, -0.2) is 33.4 Å². The predicted molar refractivity (Wildman–Crippen MR) is 116 cm³/mol. The molecule has 3 aromatic rings. The van der Waals surface area contributed by atoms with Crippen molar-refractivity contribution in [3.05, 3.63) is 62.0 Å². The molecule has 1 amide bonds. The van der Waals surface area contributed by atoms with Gasteiger partial charge in [0.2, 0.25) is 0 Å². The third kappa shape index (κ3) is 3.98. The van der Waals surface area contributed by atoms with E-state index >= 15 is 0 Å². The number of halogens is 1. The normalized spacial score (nSPS) is 11.1. The van der Waals surface area contributed by atoms with Gasteiger partial charge in [-0.2, -0.15) is 0 Å². The van der Waals surface area contributed by atoms with Crippen LogP contribution in [0.1, 0.15) is 47.5 Å². The van der Waals surface area contributed by atoms with Gasteiger partial charge >= 0.3 is 0 Å². The van der Waals surface area contributed by atoms with Crippen LogP contribution in [0.3, 0.4) is 0 Å². The van der Waals surface area contributed by atoms with Crippen LogP contribution in [-0.2, 0) is 6.54 Å². The van der Waals surface area contributed by atoms with Gasteiger partial charge in [0, 0.05) is 18.1 Å². The number of amides is 1. The first kappa shape index (κ1) is 20.6. The van der Waals surface area contributed by atoms with Gasteiger partial charge in [0.25, 0.3) is 11.5 Å². The molecule has 0 saturated heterocycles. The molecule has 7 heteroatoms. The summed E-state index contributed by atoms with van der Waals surface area (Å²) in [5.74, 6) is -0.0199. The van der Waals surface area contributed by atoms with Gasteiger partial charge < -0.3 is 4.90 Å². The Kier molecular flexibility index (Phi) is 6.52. The van der Waals surface area contributed by atoms with Crippen LogP contribution in [0.5, 0.6) is 0 Å². The second-order valence-electron chi connectivity index (χ2n) is 6.74. The summed E-state index contributed by atoms with van der Waals surface area (Å²) in [5, 5.41) is 1.14. The second kappa shape index (κ2) is 8.88. The number of rotatable bonds is 7. The number of carbonyl (C=O) groups is 1. The van der Waals surface area contributed by atoms with E-state index in [4.69, 9.17) is 11.6 Å². The van der Waals surface area contributed by atoms with Crippen molar-refractivity contribution in [2.75, 3.05) is 13.1 Å². The average Bonchev–Trinajstić information content (AvgIpc) is 3.03. The molecule has 0 N–H and O–H groups in total. The van der Waals surface area contributed by atoms with Gasteiger partial charge in [0.05, 0.1) is 23.1 Å². The van der Waals surface area contributed by atoms with Gasteiger partial charge in [-0.1, -0.05) is 43.1 Å². The number of aromatic nitrogens is 2. The van der Waals surface area contributed by atoms with Gasteiger partial charge in [0.1, 0.15) is 4.83 Å². The first-order chi connectivity index (χ1) is 13.5. The van der Waals surface area contributed by atoms with Gasteiger partial charge in [-0.3, -0.25) is 14.2 Å². The minimum Gasteiger partial charge on any atom is -0.338 e. The molecular formula is C21H24ClN3O2S. The Hall–Kier alpha value is -2.18. The predicted octanol–water partition coefficient (Wildman–Crippen LogP) is 4.73. The highest BCUT2D eigenvalue weighted by Gasteiger charge is 2.23. The van der Waals surface area contributed by atoms with Crippen molar-refractivity contribution in [1.29, 1.82) is 0 Å². The lowest BCUT2D eigenvalue weighted by Gasteiger charge is -2.20. The van der Waals surface area contributed by atoms with Crippen LogP contribution in [0.25, 0.3) is 10.2 Å². The number of hydrogen-bond donors (Lipinski definition) is 0. The lowest BCUT2D eigenvalue weighted by atomic mass is 10.2. The summed E-state index contributed by atoms with van der Waals surface area (Å²) in [6.45, 7) is 7.64. The summed E-state index contributed by atoms with van der Waals surface area (Å²) >= 11 is 7.53. The Morgan fingerprint density at radius 3 is 2.71 bits per heavy atom. The molecule has 0 saturated carbocycles. The smallest absolute Gasteiger partial charge is 0.264 e. The SMILES string of the molecule is CCCCN(CC)C(=O)c1sc2ncn(Cc3ccccc3Cl)c(=O)c2c1C. The Bertz CT molecular complexity index is 1060. The highest BCUT2D eigenvalue weighted by atomic mass is 35.5. The number of thiophene rings is 1. The van der Waals surface area contributed by atoms with Crippen molar-refractivity contribution in [1.82, 2.24) is 14.5 Å². The van der Waals surface area contributed by atoms with E-state index in [0.29, 0.717) is 38.8 Å². The zero-order valence-corrected chi connectivity index (χ0v) is 17.9. The van der Waals surface area contributed by atoms with Crippen molar-refractivity contribution in [2.45, 2.75) is 40.2 Å². The highest BCUT2D eigenvalue weighted by molar-refractivity contribution is 7.20. The summed E-state index contributed by atoms with van der Waals surface area (Å²) in [4.78, 5) is 33.6. The number of unbranched alkanes of at least 4 members (excludes halogenated alkanes) is 1. The largest absolute Gasteiger partial charge is 0.338 e. The van der Waals surface area contributed by atoms with E-state index in [9.17, 15) is 9.59 Å². The molecule has 5 nitrogen and oxygen atoms in total. The quantitative estimate of drug-likeness (QED) is 0.558. The maximum Gasteiger partial charge on any atom is 0.264 e. The van der Waals surface area contributed by atoms with Crippen LogP contribution < -0.4 is 5.56 Å². The molecule has 2 heterocycles. The average molecular weight is 418 g/mol. The summed E-state index contributed by atoms with van der Waals surface area (Å²) in [7, 11) is 0. The maximum atomic E-state index is 13.1. The van der Waals surface area contributed by atoms with Crippen molar-refractivity contribution >= 4 is 39.1 Å². The fraction of sp³-hybridized carbons (Fsp3) is 0.381. The van der Waals surface area contributed by atoms with E-state index in [0.717, 1.165) is 24.9 Å². The van der Waals surface area contributed by atoms with Crippen LogP contribution in [0.2, 0.25) is 5.02 Å². The zero-order valence-electron chi connectivity index (χ0n) is 16.4. The van der Waals surface area contributed by atoms with Gasteiger partial charge in [-0.05, 0) is 37.5 Å². The molecule has 3 rings (SSSR count). The lowest BCUT2D eigenvalue weighted by Crippen LogP contribution is -2.31. The molecule has 28 heavy (non-hydrogen) atoms. The molecule has 1 aromatic carbocycles. The van der Waals surface area contributed by atoms with E-state index in [2.05, 4.69) is 11.9 Å². The summed E-state index contributed by atoms with van der Waals surface area (Å²) in [6.07, 6.45) is 3.53. The van der Waals surface area contributed by atoms with Gasteiger partial charge in [0.15, 0.2) is 0 Å². The maximum absolute atomic E-state index is 13.1. The van der Waals surface area contributed by atoms with Crippen molar-refractivity contribution < 1.29 is 4.79 Å². The Morgan fingerprint density at radius 2 is 2.04 bits per heavy atom. The molecule has 0 aliphatic carbocycles. The van der Waals surface area contributed by atoms with Crippen molar-refractivity contribution in [3.63, 3.8) is 0 Å². The third-order valence-corrected chi connectivity index (χ3v) is 6.42. The van der Waals surface area contributed by atoms with Crippen molar-refractivity contribution in [2.24, 2.45) is 0 Å². The van der Waals surface area contributed by atoms with Crippen LogP contribution in [0.15, 0.2) is 35.4 Å². The second-order valence-corrected chi connectivity index (χ2v) is 8.15. The van der Waals surface area contributed by atoms with E-state index in [1.54, 1.807) is 10.6 Å². The van der Waals surface area contributed by atoms with E-state index < -0.39 is 0 Å². The number of hydrogen-bond acceptors (Lipinski definition) is 4. The molecule has 0 fully saturated rings. The lowest BCUT2D eigenvalue weighted by molar-refractivity contribution is 0.0766. The number of carbonyl (C=O) groups excluding carboxylic acids is 1. The molecule has 0 aliphatic heterocycles. The minimum atomic E-state index is -0.144. The first-order valence-electron chi connectivity index (χ1n) is 9.49. The molecular weight excluding hydrogens is 394 g/mol. The summed E-state index contributed by atoms with van der Waals surface area (Å²) in [5.41, 5.74) is 1.42. The third-order valence-electron chi connectivity index (χ3n) is 4.86. The van der Waals surface area contributed by atoms with E-state index in [1.165, 1.54) is 17.7 Å². The molecule has 0 atom stereocenters. The van der Waals surface area contributed by atoms with Crippen LogP contribution in [0, 0.1) is 6.92 Å². The Morgan fingerprint density at radius 1 is 1.29 bits per heavy atom. The standard InChI is InChI=1S/C21H24ClN3O2S/c1-4-6-11-24(5-2)21(27)18-14(3)17-19(28-18)23-13-25(20(17)26)12-15-9-7-8-10-16(15)22/h7-10,13H,4-6,11-12H2,1-3H3. The number of benzene rings is 1. The van der Waals surface area contributed by atoms with E-state index in [-0.39, 0.29) is 11.5 Å².